The van der Waals surface area contributed by atoms with E-state index in [-0.39, 0.29) is 11.3 Å². The summed E-state index contributed by atoms with van der Waals surface area (Å²) in [4.78, 5) is 17.3. The molecule has 5 nitrogen and oxygen atoms in total. The molecule has 1 unspecified atom stereocenters. The van der Waals surface area contributed by atoms with E-state index in [0.29, 0.717) is 25.7 Å². The van der Waals surface area contributed by atoms with Crippen LogP contribution in [0.2, 0.25) is 0 Å². The average molecular weight is 395 g/mol. The van der Waals surface area contributed by atoms with Crippen LogP contribution in [0.5, 0.6) is 0 Å². The number of aromatic nitrogens is 1. The van der Waals surface area contributed by atoms with Gasteiger partial charge in [0.25, 0.3) is 0 Å². The van der Waals surface area contributed by atoms with E-state index in [1.165, 1.54) is 11.1 Å². The molecular formula is C24H30N2O3. The van der Waals surface area contributed by atoms with Crippen molar-refractivity contribution in [1.82, 2.24) is 10.3 Å². The maximum absolute atomic E-state index is 13.2. The van der Waals surface area contributed by atoms with Crippen molar-refractivity contribution in [2.75, 3.05) is 33.0 Å². The molecule has 1 N–H and O–H groups in total. The molecule has 0 bridgehead atoms. The number of pyridine rings is 1. The van der Waals surface area contributed by atoms with Crippen LogP contribution < -0.4 is 5.32 Å². The van der Waals surface area contributed by atoms with Gasteiger partial charge < -0.3 is 14.8 Å². The molecule has 2 saturated heterocycles. The Morgan fingerprint density at radius 3 is 2.41 bits per heavy atom. The molecule has 2 aromatic rings. The van der Waals surface area contributed by atoms with E-state index >= 15 is 0 Å². The number of rotatable bonds is 6. The minimum atomic E-state index is -0.383. The molecular weight excluding hydrogens is 364 g/mol. The topological polar surface area (TPSA) is 60.5 Å². The van der Waals surface area contributed by atoms with Crippen LogP contribution in [-0.4, -0.2) is 43.9 Å². The highest BCUT2D eigenvalue weighted by molar-refractivity contribution is 5.83. The number of carbonyl (C=O) groups is 1. The van der Waals surface area contributed by atoms with Crippen LogP contribution in [-0.2, 0) is 20.7 Å². The van der Waals surface area contributed by atoms with Crippen molar-refractivity contribution in [3.05, 3.63) is 54.4 Å². The van der Waals surface area contributed by atoms with Gasteiger partial charge in [-0.15, -0.1) is 0 Å². The highest BCUT2D eigenvalue weighted by Crippen LogP contribution is 2.35. The molecule has 0 aliphatic carbocycles. The molecule has 2 aliphatic heterocycles. The Morgan fingerprint density at radius 2 is 1.72 bits per heavy atom. The Balaban J connectivity index is 1.44. The summed E-state index contributed by atoms with van der Waals surface area (Å²) in [5.74, 6) is 0.605. The predicted octanol–water partition coefficient (Wildman–Crippen LogP) is 3.63. The largest absolute Gasteiger partial charge is 0.381 e. The van der Waals surface area contributed by atoms with Crippen LogP contribution in [0.3, 0.4) is 0 Å². The first kappa shape index (κ1) is 20.0. The first-order valence-corrected chi connectivity index (χ1v) is 10.7. The van der Waals surface area contributed by atoms with Gasteiger partial charge in [0.2, 0.25) is 5.91 Å². The minimum Gasteiger partial charge on any atom is -0.381 e. The van der Waals surface area contributed by atoms with Crippen molar-refractivity contribution in [3.63, 3.8) is 0 Å². The third kappa shape index (κ3) is 5.03. The number of benzene rings is 1. The van der Waals surface area contributed by atoms with Crippen molar-refractivity contribution in [1.29, 1.82) is 0 Å². The summed E-state index contributed by atoms with van der Waals surface area (Å²) in [6.45, 7) is 3.61. The Hall–Kier alpha value is -2.24. The van der Waals surface area contributed by atoms with Crippen LogP contribution in [0.25, 0.3) is 11.1 Å². The highest BCUT2D eigenvalue weighted by Gasteiger charge is 2.40. The second-order valence-electron chi connectivity index (χ2n) is 8.30. The predicted molar refractivity (Wildman–Crippen MR) is 112 cm³/mol. The summed E-state index contributed by atoms with van der Waals surface area (Å²) in [6, 6.07) is 12.6. The fourth-order valence-corrected chi connectivity index (χ4v) is 4.39. The lowest BCUT2D eigenvalue weighted by molar-refractivity contribution is -0.137. The Morgan fingerprint density at radius 1 is 1.00 bits per heavy atom. The van der Waals surface area contributed by atoms with Crippen LogP contribution in [0.4, 0.5) is 0 Å². The summed E-state index contributed by atoms with van der Waals surface area (Å²) >= 11 is 0. The molecule has 1 aromatic carbocycles. The summed E-state index contributed by atoms with van der Waals surface area (Å²) in [5.41, 5.74) is 3.13. The fraction of sp³-hybridized carbons (Fsp3) is 0.500. The van der Waals surface area contributed by atoms with Gasteiger partial charge in [0.05, 0.1) is 12.0 Å². The smallest absolute Gasteiger partial charge is 0.226 e. The van der Waals surface area contributed by atoms with E-state index in [0.717, 1.165) is 50.9 Å². The maximum atomic E-state index is 13.2. The van der Waals surface area contributed by atoms with Crippen LogP contribution in [0.15, 0.2) is 48.8 Å². The molecule has 0 saturated carbocycles. The number of hydrogen-bond acceptors (Lipinski definition) is 4. The summed E-state index contributed by atoms with van der Waals surface area (Å²) in [6.07, 6.45) is 8.12. The first-order valence-electron chi connectivity index (χ1n) is 10.7. The van der Waals surface area contributed by atoms with Crippen LogP contribution in [0, 0.1) is 11.3 Å². The number of nitrogens with one attached hydrogen (secondary N) is 1. The molecule has 0 spiro atoms. The summed E-state index contributed by atoms with van der Waals surface area (Å²) in [7, 11) is 0. The van der Waals surface area contributed by atoms with Crippen molar-refractivity contribution in [2.45, 2.75) is 32.1 Å². The van der Waals surface area contributed by atoms with E-state index in [2.05, 4.69) is 34.6 Å². The first-order chi connectivity index (χ1) is 14.3. The fourth-order valence-electron chi connectivity index (χ4n) is 4.39. The van der Waals surface area contributed by atoms with Gasteiger partial charge in [0, 0.05) is 38.8 Å². The lowest BCUT2D eigenvalue weighted by Crippen LogP contribution is -2.47. The van der Waals surface area contributed by atoms with Gasteiger partial charge in [-0.3, -0.25) is 9.78 Å². The molecule has 2 aliphatic rings. The number of amides is 1. The van der Waals surface area contributed by atoms with Gasteiger partial charge in [-0.25, -0.2) is 0 Å². The third-order valence-corrected chi connectivity index (χ3v) is 6.25. The molecule has 1 aromatic heterocycles. The molecule has 1 amide bonds. The molecule has 2 fully saturated rings. The summed E-state index contributed by atoms with van der Waals surface area (Å²) < 4.78 is 11.1. The molecule has 29 heavy (non-hydrogen) atoms. The standard InChI is InChI=1S/C24H30N2O3/c27-23(26-17-20-2-1-13-29-18-20)24(9-14-28-15-10-24)16-19-3-5-21(6-4-19)22-7-11-25-12-8-22/h3-8,11-12,20H,1-2,9-10,13-18H2,(H,26,27). The normalized spacial score (nSPS) is 21.4. The van der Waals surface area contributed by atoms with E-state index in [4.69, 9.17) is 9.47 Å². The monoisotopic (exact) mass is 394 g/mol. The Bertz CT molecular complexity index is 780. The molecule has 154 valence electrons. The van der Waals surface area contributed by atoms with E-state index < -0.39 is 0 Å². The van der Waals surface area contributed by atoms with Gasteiger partial charge in [-0.2, -0.15) is 0 Å². The molecule has 1 atom stereocenters. The second kappa shape index (κ2) is 9.51. The van der Waals surface area contributed by atoms with Crippen LogP contribution in [0.1, 0.15) is 31.2 Å². The van der Waals surface area contributed by atoms with E-state index in [9.17, 15) is 4.79 Å². The van der Waals surface area contributed by atoms with E-state index in [1.807, 2.05) is 24.5 Å². The summed E-state index contributed by atoms with van der Waals surface area (Å²) in [5, 5.41) is 3.24. The van der Waals surface area contributed by atoms with Gasteiger partial charge >= 0.3 is 0 Å². The molecule has 3 heterocycles. The SMILES string of the molecule is O=C(NCC1CCCOC1)C1(Cc2ccc(-c3ccncc3)cc2)CCOCC1. The average Bonchev–Trinajstić information content (AvgIpc) is 2.80. The van der Waals surface area contributed by atoms with Crippen molar-refractivity contribution in [2.24, 2.45) is 11.3 Å². The highest BCUT2D eigenvalue weighted by atomic mass is 16.5. The lowest BCUT2D eigenvalue weighted by Gasteiger charge is -2.36. The Labute approximate surface area is 172 Å². The minimum absolute atomic E-state index is 0.171. The Kier molecular flexibility index (Phi) is 6.57. The second-order valence-corrected chi connectivity index (χ2v) is 8.30. The maximum Gasteiger partial charge on any atom is 0.226 e. The van der Waals surface area contributed by atoms with Gasteiger partial charge in [0.15, 0.2) is 0 Å². The molecule has 4 rings (SSSR count). The quantitative estimate of drug-likeness (QED) is 0.813. The zero-order valence-electron chi connectivity index (χ0n) is 16.9. The molecule has 0 radical (unpaired) electrons. The number of nitrogens with zero attached hydrogens (tertiary/aromatic N) is 1. The van der Waals surface area contributed by atoms with E-state index in [1.54, 1.807) is 0 Å². The number of ether oxygens (including phenoxy) is 2. The van der Waals surface area contributed by atoms with Crippen molar-refractivity contribution < 1.29 is 14.3 Å². The van der Waals surface area contributed by atoms with Crippen molar-refractivity contribution in [3.8, 4) is 11.1 Å². The van der Waals surface area contributed by atoms with Crippen LogP contribution >= 0.6 is 0 Å². The van der Waals surface area contributed by atoms with Gasteiger partial charge in [-0.1, -0.05) is 24.3 Å². The number of hydrogen-bond donors (Lipinski definition) is 1. The zero-order chi connectivity index (χ0) is 19.9. The molecule has 5 heteroatoms. The number of carbonyl (C=O) groups excluding carboxylic acids is 1. The third-order valence-electron chi connectivity index (χ3n) is 6.25. The van der Waals surface area contributed by atoms with Gasteiger partial charge in [-0.05, 0) is 66.8 Å². The zero-order valence-corrected chi connectivity index (χ0v) is 16.9. The lowest BCUT2D eigenvalue weighted by atomic mass is 9.74. The van der Waals surface area contributed by atoms with Crippen molar-refractivity contribution >= 4 is 5.91 Å². The van der Waals surface area contributed by atoms with Gasteiger partial charge in [0.1, 0.15) is 0 Å².